The number of carbonyl (C=O) groups excluding carboxylic acids is 1. The highest BCUT2D eigenvalue weighted by atomic mass is 16.5. The second-order valence-corrected chi connectivity index (χ2v) is 5.43. The van der Waals surface area contributed by atoms with Crippen molar-refractivity contribution in [1.29, 1.82) is 0 Å². The highest BCUT2D eigenvalue weighted by Gasteiger charge is 2.36. The summed E-state index contributed by atoms with van der Waals surface area (Å²) in [6.45, 7) is 10.3. The first-order chi connectivity index (χ1) is 6.91. The summed E-state index contributed by atoms with van der Waals surface area (Å²) >= 11 is 0. The lowest BCUT2D eigenvalue weighted by Gasteiger charge is -2.19. The number of carbonyl (C=O) groups is 1. The second-order valence-electron chi connectivity index (χ2n) is 5.43. The molecule has 2 nitrogen and oxygen atoms in total. The van der Waals surface area contributed by atoms with Crippen molar-refractivity contribution in [3.8, 4) is 0 Å². The van der Waals surface area contributed by atoms with E-state index in [1.165, 1.54) is 0 Å². The van der Waals surface area contributed by atoms with Gasteiger partial charge in [0.1, 0.15) is 5.78 Å². The third kappa shape index (κ3) is 3.30. The lowest BCUT2D eigenvalue weighted by molar-refractivity contribution is -0.126. The molecule has 0 aliphatic heterocycles. The van der Waals surface area contributed by atoms with Crippen molar-refractivity contribution in [2.45, 2.75) is 59.7 Å². The number of hydrogen-bond donors (Lipinski definition) is 0. The number of Topliss-reactive ketones (excluding diaryl/α,β-unsaturated/α-hetero) is 1. The molecule has 0 amide bonds. The molecule has 3 atom stereocenters. The monoisotopic (exact) mass is 212 g/mol. The van der Waals surface area contributed by atoms with Gasteiger partial charge in [-0.1, -0.05) is 20.8 Å². The topological polar surface area (TPSA) is 26.3 Å². The van der Waals surface area contributed by atoms with Gasteiger partial charge in [0, 0.05) is 11.8 Å². The van der Waals surface area contributed by atoms with Crippen LogP contribution in [0.25, 0.3) is 0 Å². The maximum atomic E-state index is 11.9. The Bertz CT molecular complexity index is 221. The Labute approximate surface area is 93.4 Å². The normalized spacial score (nSPS) is 31.5. The zero-order chi connectivity index (χ0) is 11.6. The number of ketones is 1. The molecule has 1 fully saturated rings. The average Bonchev–Trinajstić information content (AvgIpc) is 2.45. The minimum absolute atomic E-state index is 0.167. The molecule has 0 aromatic rings. The van der Waals surface area contributed by atoms with Gasteiger partial charge < -0.3 is 4.74 Å². The van der Waals surface area contributed by atoms with Crippen LogP contribution in [-0.2, 0) is 9.53 Å². The van der Waals surface area contributed by atoms with E-state index in [9.17, 15) is 4.79 Å². The first kappa shape index (κ1) is 12.7. The van der Waals surface area contributed by atoms with Crippen molar-refractivity contribution in [3.63, 3.8) is 0 Å². The second kappa shape index (κ2) is 5.11. The molecule has 0 saturated heterocycles. The summed E-state index contributed by atoms with van der Waals surface area (Å²) in [6.07, 6.45) is 2.49. The molecule has 0 N–H and O–H groups in total. The minimum Gasteiger partial charge on any atom is -0.375 e. The van der Waals surface area contributed by atoms with E-state index in [-0.39, 0.29) is 24.0 Å². The van der Waals surface area contributed by atoms with Gasteiger partial charge in [-0.15, -0.1) is 0 Å². The molecular weight excluding hydrogens is 188 g/mol. The van der Waals surface area contributed by atoms with Crippen LogP contribution in [0, 0.1) is 17.8 Å². The Morgan fingerprint density at radius 1 is 1.20 bits per heavy atom. The Morgan fingerprint density at radius 3 is 2.27 bits per heavy atom. The zero-order valence-corrected chi connectivity index (χ0v) is 10.6. The van der Waals surface area contributed by atoms with Crippen molar-refractivity contribution in [2.75, 3.05) is 0 Å². The van der Waals surface area contributed by atoms with Crippen LogP contribution in [0.2, 0.25) is 0 Å². The first-order valence-corrected chi connectivity index (χ1v) is 6.11. The molecule has 15 heavy (non-hydrogen) atoms. The highest BCUT2D eigenvalue weighted by Crippen LogP contribution is 2.35. The Morgan fingerprint density at radius 2 is 1.80 bits per heavy atom. The molecule has 1 aliphatic carbocycles. The molecule has 1 rings (SSSR count). The summed E-state index contributed by atoms with van der Waals surface area (Å²) in [5.41, 5.74) is 0. The van der Waals surface area contributed by atoms with Gasteiger partial charge in [-0.05, 0) is 32.6 Å². The van der Waals surface area contributed by atoms with Gasteiger partial charge in [0.05, 0.1) is 12.2 Å². The Balaban J connectivity index is 2.51. The largest absolute Gasteiger partial charge is 0.375 e. The third-order valence-electron chi connectivity index (χ3n) is 3.23. The first-order valence-electron chi connectivity index (χ1n) is 6.11. The Hall–Kier alpha value is -0.370. The van der Waals surface area contributed by atoms with E-state index in [0.717, 1.165) is 12.8 Å². The molecule has 0 bridgehead atoms. The van der Waals surface area contributed by atoms with Crippen LogP contribution >= 0.6 is 0 Å². The third-order valence-corrected chi connectivity index (χ3v) is 3.23. The molecule has 1 saturated carbocycles. The van der Waals surface area contributed by atoms with Crippen LogP contribution in [-0.4, -0.2) is 18.0 Å². The lowest BCUT2D eigenvalue weighted by atomic mass is 9.93. The fraction of sp³-hybridized carbons (Fsp3) is 0.923. The van der Waals surface area contributed by atoms with Crippen molar-refractivity contribution in [1.82, 2.24) is 0 Å². The van der Waals surface area contributed by atoms with E-state index in [2.05, 4.69) is 20.8 Å². The highest BCUT2D eigenvalue weighted by molar-refractivity contribution is 5.83. The van der Waals surface area contributed by atoms with E-state index in [1.54, 1.807) is 0 Å². The smallest absolute Gasteiger partial charge is 0.138 e. The molecule has 0 spiro atoms. The van der Waals surface area contributed by atoms with E-state index in [0.29, 0.717) is 11.7 Å². The fourth-order valence-corrected chi connectivity index (χ4v) is 2.45. The summed E-state index contributed by atoms with van der Waals surface area (Å²) in [6, 6.07) is 0. The van der Waals surface area contributed by atoms with Gasteiger partial charge in [-0.3, -0.25) is 4.79 Å². The molecule has 0 aromatic heterocycles. The van der Waals surface area contributed by atoms with Crippen molar-refractivity contribution < 1.29 is 9.53 Å². The minimum atomic E-state index is 0.167. The molecule has 0 heterocycles. The fourth-order valence-electron chi connectivity index (χ4n) is 2.45. The van der Waals surface area contributed by atoms with Gasteiger partial charge in [0.2, 0.25) is 0 Å². The molecule has 2 heteroatoms. The summed E-state index contributed by atoms with van der Waals surface area (Å²) in [5, 5.41) is 0. The van der Waals surface area contributed by atoms with Crippen molar-refractivity contribution >= 4 is 5.78 Å². The van der Waals surface area contributed by atoms with Gasteiger partial charge in [-0.2, -0.15) is 0 Å². The molecular formula is C13H24O2. The van der Waals surface area contributed by atoms with Crippen molar-refractivity contribution in [2.24, 2.45) is 17.8 Å². The van der Waals surface area contributed by atoms with E-state index in [4.69, 9.17) is 4.74 Å². The van der Waals surface area contributed by atoms with Crippen LogP contribution in [0.3, 0.4) is 0 Å². The van der Waals surface area contributed by atoms with Crippen LogP contribution in [0.1, 0.15) is 47.5 Å². The summed E-state index contributed by atoms with van der Waals surface area (Å²) in [5.74, 6) is 1.35. The molecule has 1 aliphatic rings. The van der Waals surface area contributed by atoms with Crippen LogP contribution in [0.5, 0.6) is 0 Å². The van der Waals surface area contributed by atoms with Crippen LogP contribution in [0.4, 0.5) is 0 Å². The maximum Gasteiger partial charge on any atom is 0.138 e. The lowest BCUT2D eigenvalue weighted by Crippen LogP contribution is -2.21. The van der Waals surface area contributed by atoms with Gasteiger partial charge in [0.25, 0.3) is 0 Å². The van der Waals surface area contributed by atoms with Crippen molar-refractivity contribution in [3.05, 3.63) is 0 Å². The summed E-state index contributed by atoms with van der Waals surface area (Å²) in [7, 11) is 0. The van der Waals surface area contributed by atoms with E-state index < -0.39 is 0 Å². The number of rotatable bonds is 4. The SMILES string of the molecule is CC(C)O[C@H]1C[C@@H](C(=O)C(C)C)C[C@@H]1C. The standard InChI is InChI=1S/C13H24O2/c1-8(2)13(14)11-6-10(5)12(7-11)15-9(3)4/h8-12H,6-7H2,1-5H3/t10-,11-,12-/m0/s1. The number of ether oxygens (including phenoxy) is 1. The van der Waals surface area contributed by atoms with Gasteiger partial charge in [-0.25, -0.2) is 0 Å². The predicted octanol–water partition coefficient (Wildman–Crippen LogP) is 3.05. The zero-order valence-electron chi connectivity index (χ0n) is 10.6. The van der Waals surface area contributed by atoms with Crippen LogP contribution in [0.15, 0.2) is 0 Å². The van der Waals surface area contributed by atoms with Crippen LogP contribution < -0.4 is 0 Å². The molecule has 0 radical (unpaired) electrons. The van der Waals surface area contributed by atoms with Gasteiger partial charge in [0.15, 0.2) is 0 Å². The average molecular weight is 212 g/mol. The summed E-state index contributed by atoms with van der Waals surface area (Å²) < 4.78 is 5.83. The summed E-state index contributed by atoms with van der Waals surface area (Å²) in [4.78, 5) is 11.9. The molecule has 0 unspecified atom stereocenters. The van der Waals surface area contributed by atoms with E-state index >= 15 is 0 Å². The Kier molecular flexibility index (Phi) is 4.32. The van der Waals surface area contributed by atoms with Gasteiger partial charge >= 0.3 is 0 Å². The maximum absolute atomic E-state index is 11.9. The molecule has 88 valence electrons. The van der Waals surface area contributed by atoms with E-state index in [1.807, 2.05) is 13.8 Å². The predicted molar refractivity (Wildman–Crippen MR) is 61.7 cm³/mol. The molecule has 0 aromatic carbocycles. The quantitative estimate of drug-likeness (QED) is 0.716. The number of hydrogen-bond acceptors (Lipinski definition) is 2.